The standard InChI is InChI=1S/C15H21NO3/c1-10-5-13-14(6-11(10)12(17)7-16-4)19-9-15(2,3)8-18-13/h5-6,16H,7-9H2,1-4H3. The number of hydrogen-bond acceptors (Lipinski definition) is 4. The van der Waals surface area contributed by atoms with Crippen molar-refractivity contribution in [2.24, 2.45) is 5.41 Å². The van der Waals surface area contributed by atoms with Crippen LogP contribution in [0, 0.1) is 12.3 Å². The van der Waals surface area contributed by atoms with E-state index in [4.69, 9.17) is 9.47 Å². The van der Waals surface area contributed by atoms with Crippen LogP contribution in [0.25, 0.3) is 0 Å². The Balaban J connectivity index is 2.33. The minimum absolute atomic E-state index is 0.0257. The summed E-state index contributed by atoms with van der Waals surface area (Å²) in [5.41, 5.74) is 1.58. The predicted octanol–water partition coefficient (Wildman–Crippen LogP) is 2.19. The monoisotopic (exact) mass is 263 g/mol. The molecule has 1 N–H and O–H groups in total. The normalized spacial score (nSPS) is 16.8. The van der Waals surface area contributed by atoms with Gasteiger partial charge in [0, 0.05) is 11.0 Å². The summed E-state index contributed by atoms with van der Waals surface area (Å²) in [5, 5.41) is 2.88. The molecule has 1 aromatic carbocycles. The lowest BCUT2D eigenvalue weighted by Crippen LogP contribution is -2.26. The fourth-order valence-corrected chi connectivity index (χ4v) is 2.03. The number of nitrogens with one attached hydrogen (secondary N) is 1. The Hall–Kier alpha value is -1.55. The van der Waals surface area contributed by atoms with Crippen molar-refractivity contribution >= 4 is 5.78 Å². The molecular formula is C15H21NO3. The highest BCUT2D eigenvalue weighted by molar-refractivity contribution is 5.99. The molecule has 0 spiro atoms. The minimum atomic E-state index is -0.0257. The maximum atomic E-state index is 12.0. The molecular weight excluding hydrogens is 242 g/mol. The Bertz CT molecular complexity index is 494. The van der Waals surface area contributed by atoms with Crippen molar-refractivity contribution in [1.29, 1.82) is 0 Å². The molecule has 2 rings (SSSR count). The third-order valence-corrected chi connectivity index (χ3v) is 3.17. The topological polar surface area (TPSA) is 47.6 Å². The summed E-state index contributed by atoms with van der Waals surface area (Å²) in [5.74, 6) is 1.45. The van der Waals surface area contributed by atoms with Gasteiger partial charge in [0.05, 0.1) is 19.8 Å². The fourth-order valence-electron chi connectivity index (χ4n) is 2.03. The first-order valence-electron chi connectivity index (χ1n) is 6.51. The van der Waals surface area contributed by atoms with Crippen molar-refractivity contribution in [2.45, 2.75) is 20.8 Å². The molecule has 0 aromatic heterocycles. The Morgan fingerprint density at radius 3 is 2.42 bits per heavy atom. The molecule has 0 fully saturated rings. The van der Waals surface area contributed by atoms with E-state index in [1.165, 1.54) is 0 Å². The maximum Gasteiger partial charge on any atom is 0.176 e. The van der Waals surface area contributed by atoms with E-state index in [1.54, 1.807) is 13.1 Å². The van der Waals surface area contributed by atoms with Crippen LogP contribution in [0.1, 0.15) is 29.8 Å². The number of aryl methyl sites for hydroxylation is 1. The number of rotatable bonds is 3. The van der Waals surface area contributed by atoms with E-state index in [2.05, 4.69) is 19.2 Å². The highest BCUT2D eigenvalue weighted by atomic mass is 16.5. The van der Waals surface area contributed by atoms with Gasteiger partial charge in [0.1, 0.15) is 0 Å². The summed E-state index contributed by atoms with van der Waals surface area (Å²) < 4.78 is 11.6. The third kappa shape index (κ3) is 3.07. The van der Waals surface area contributed by atoms with Gasteiger partial charge in [0.25, 0.3) is 0 Å². The van der Waals surface area contributed by atoms with Crippen LogP contribution >= 0.6 is 0 Å². The van der Waals surface area contributed by atoms with E-state index in [-0.39, 0.29) is 11.2 Å². The van der Waals surface area contributed by atoms with E-state index in [9.17, 15) is 4.79 Å². The van der Waals surface area contributed by atoms with E-state index in [0.29, 0.717) is 31.1 Å². The average Bonchev–Trinajstić information content (AvgIpc) is 2.48. The summed E-state index contributed by atoms with van der Waals surface area (Å²) in [4.78, 5) is 12.0. The number of ether oxygens (including phenoxy) is 2. The molecule has 19 heavy (non-hydrogen) atoms. The van der Waals surface area contributed by atoms with Crippen LogP contribution in [0.5, 0.6) is 11.5 Å². The predicted molar refractivity (Wildman–Crippen MR) is 74.2 cm³/mol. The quantitative estimate of drug-likeness (QED) is 0.849. The largest absolute Gasteiger partial charge is 0.489 e. The second kappa shape index (κ2) is 5.21. The van der Waals surface area contributed by atoms with Crippen LogP contribution in [0.3, 0.4) is 0 Å². The van der Waals surface area contributed by atoms with E-state index in [0.717, 1.165) is 11.3 Å². The molecule has 4 nitrogen and oxygen atoms in total. The molecule has 0 saturated carbocycles. The van der Waals surface area contributed by atoms with Crippen molar-refractivity contribution in [1.82, 2.24) is 5.32 Å². The van der Waals surface area contributed by atoms with Crippen LogP contribution in [0.2, 0.25) is 0 Å². The van der Waals surface area contributed by atoms with Gasteiger partial charge in [-0.3, -0.25) is 4.79 Å². The summed E-state index contributed by atoms with van der Waals surface area (Å²) in [7, 11) is 1.76. The van der Waals surface area contributed by atoms with Gasteiger partial charge in [0.15, 0.2) is 17.3 Å². The fraction of sp³-hybridized carbons (Fsp3) is 0.533. The van der Waals surface area contributed by atoms with E-state index in [1.807, 2.05) is 13.0 Å². The highest BCUT2D eigenvalue weighted by Crippen LogP contribution is 2.35. The molecule has 1 heterocycles. The molecule has 0 unspecified atom stereocenters. The molecule has 0 bridgehead atoms. The molecule has 1 aromatic rings. The zero-order chi connectivity index (χ0) is 14.0. The number of hydrogen-bond donors (Lipinski definition) is 1. The Kier molecular flexibility index (Phi) is 3.80. The highest BCUT2D eigenvalue weighted by Gasteiger charge is 2.26. The first-order chi connectivity index (χ1) is 8.93. The van der Waals surface area contributed by atoms with Crippen LogP contribution in [0.15, 0.2) is 12.1 Å². The van der Waals surface area contributed by atoms with E-state index < -0.39 is 0 Å². The molecule has 104 valence electrons. The Morgan fingerprint density at radius 2 is 1.84 bits per heavy atom. The number of carbonyl (C=O) groups excluding carboxylic acids is 1. The number of Topliss-reactive ketones (excluding diaryl/α,β-unsaturated/α-hetero) is 1. The van der Waals surface area contributed by atoms with Gasteiger partial charge in [-0.15, -0.1) is 0 Å². The zero-order valence-electron chi connectivity index (χ0n) is 12.0. The number of ketones is 1. The lowest BCUT2D eigenvalue weighted by atomic mass is 9.97. The third-order valence-electron chi connectivity index (χ3n) is 3.17. The van der Waals surface area contributed by atoms with Crippen molar-refractivity contribution in [3.8, 4) is 11.5 Å². The average molecular weight is 263 g/mol. The maximum absolute atomic E-state index is 12.0. The summed E-state index contributed by atoms with van der Waals surface area (Å²) in [6.45, 7) is 7.64. The molecule has 0 radical (unpaired) electrons. The second-order valence-corrected chi connectivity index (χ2v) is 5.81. The van der Waals surface area contributed by atoms with Gasteiger partial charge in [-0.2, -0.15) is 0 Å². The Labute approximate surface area is 114 Å². The molecule has 1 aliphatic heterocycles. The number of carbonyl (C=O) groups is 1. The summed E-state index contributed by atoms with van der Waals surface area (Å²) in [6, 6.07) is 3.69. The van der Waals surface area contributed by atoms with Crippen molar-refractivity contribution < 1.29 is 14.3 Å². The van der Waals surface area contributed by atoms with Gasteiger partial charge >= 0.3 is 0 Å². The summed E-state index contributed by atoms with van der Waals surface area (Å²) in [6.07, 6.45) is 0. The zero-order valence-corrected chi connectivity index (χ0v) is 12.0. The minimum Gasteiger partial charge on any atom is -0.489 e. The smallest absolute Gasteiger partial charge is 0.176 e. The first-order valence-corrected chi connectivity index (χ1v) is 6.51. The molecule has 4 heteroatoms. The molecule has 0 saturated heterocycles. The van der Waals surface area contributed by atoms with Gasteiger partial charge in [-0.25, -0.2) is 0 Å². The van der Waals surface area contributed by atoms with Crippen molar-refractivity contribution in [3.63, 3.8) is 0 Å². The van der Waals surface area contributed by atoms with E-state index >= 15 is 0 Å². The lowest BCUT2D eigenvalue weighted by molar-refractivity contribution is 0.0992. The lowest BCUT2D eigenvalue weighted by Gasteiger charge is -2.19. The first kappa shape index (κ1) is 13.9. The number of fused-ring (bicyclic) bond motifs is 1. The van der Waals surface area contributed by atoms with Crippen molar-refractivity contribution in [3.05, 3.63) is 23.3 Å². The van der Waals surface area contributed by atoms with Gasteiger partial charge in [-0.05, 0) is 31.7 Å². The van der Waals surface area contributed by atoms with Gasteiger partial charge in [0.2, 0.25) is 0 Å². The molecule has 0 atom stereocenters. The molecule has 0 aliphatic carbocycles. The van der Waals surface area contributed by atoms with Gasteiger partial charge < -0.3 is 14.8 Å². The Morgan fingerprint density at radius 1 is 1.26 bits per heavy atom. The molecule has 1 aliphatic rings. The molecule has 0 amide bonds. The van der Waals surface area contributed by atoms with Crippen LogP contribution in [-0.4, -0.2) is 32.6 Å². The SMILES string of the molecule is CNCC(=O)c1cc2c(cc1C)OCC(C)(C)CO2. The summed E-state index contributed by atoms with van der Waals surface area (Å²) >= 11 is 0. The van der Waals surface area contributed by atoms with Crippen LogP contribution in [-0.2, 0) is 0 Å². The van der Waals surface area contributed by atoms with Crippen molar-refractivity contribution in [2.75, 3.05) is 26.8 Å². The van der Waals surface area contributed by atoms with Gasteiger partial charge in [-0.1, -0.05) is 13.8 Å². The van der Waals surface area contributed by atoms with Crippen LogP contribution < -0.4 is 14.8 Å². The number of benzene rings is 1. The number of likely N-dealkylation sites (N-methyl/N-ethyl adjacent to an activating group) is 1. The second-order valence-electron chi connectivity index (χ2n) is 5.81. The van der Waals surface area contributed by atoms with Crippen LogP contribution in [0.4, 0.5) is 0 Å².